The minimum Gasteiger partial charge on any atom is -0.354 e. The van der Waals surface area contributed by atoms with Crippen LogP contribution < -0.4 is 15.8 Å². The van der Waals surface area contributed by atoms with E-state index in [1.54, 1.807) is 12.1 Å². The summed E-state index contributed by atoms with van der Waals surface area (Å²) >= 11 is 6.25. The van der Waals surface area contributed by atoms with E-state index in [2.05, 4.69) is 15.3 Å². The second kappa shape index (κ2) is 9.86. The van der Waals surface area contributed by atoms with Crippen molar-refractivity contribution >= 4 is 23.3 Å². The number of aromatic nitrogens is 2. The van der Waals surface area contributed by atoms with Crippen LogP contribution in [0.2, 0.25) is 5.02 Å². The van der Waals surface area contributed by atoms with Crippen LogP contribution in [0.15, 0.2) is 35.1 Å². The molecule has 0 bridgehead atoms. The third-order valence-electron chi connectivity index (χ3n) is 6.50. The maximum Gasteiger partial charge on any atom is 0.271 e. The molecule has 1 saturated heterocycles. The molecule has 0 unspecified atom stereocenters. The fraction of sp³-hybridized carbons (Fsp3) is 0.542. The summed E-state index contributed by atoms with van der Waals surface area (Å²) in [5.74, 6) is 0.825. The molecule has 2 aromatic rings. The molecule has 31 heavy (non-hydrogen) atoms. The number of hydrogen-bond acceptors (Lipinski definition) is 4. The molecule has 0 radical (unpaired) electrons. The molecule has 4 rings (SSSR count). The van der Waals surface area contributed by atoms with Gasteiger partial charge in [0.2, 0.25) is 5.91 Å². The largest absolute Gasteiger partial charge is 0.354 e. The van der Waals surface area contributed by atoms with Crippen LogP contribution in [0.25, 0.3) is 5.69 Å². The molecule has 1 saturated carbocycles. The van der Waals surface area contributed by atoms with Gasteiger partial charge in [0.1, 0.15) is 5.82 Å². The van der Waals surface area contributed by atoms with Gasteiger partial charge in [-0.25, -0.2) is 0 Å². The van der Waals surface area contributed by atoms with E-state index in [1.165, 1.54) is 36.4 Å². The Labute approximate surface area is 188 Å². The summed E-state index contributed by atoms with van der Waals surface area (Å²) in [4.78, 5) is 27.5. The van der Waals surface area contributed by atoms with Crippen molar-refractivity contribution in [3.63, 3.8) is 0 Å². The van der Waals surface area contributed by atoms with E-state index < -0.39 is 0 Å². The molecule has 1 aliphatic carbocycles. The highest BCUT2D eigenvalue weighted by molar-refractivity contribution is 6.31. The highest BCUT2D eigenvalue weighted by atomic mass is 35.5. The SMILES string of the molecule is Cc1ccc(-n2nc(N3CCC[C@H](C(=O)NC4CCCCCC4)C3)ccc2=O)cc1Cl. The van der Waals surface area contributed by atoms with Gasteiger partial charge in [0, 0.05) is 30.2 Å². The van der Waals surface area contributed by atoms with Gasteiger partial charge in [0.15, 0.2) is 0 Å². The maximum absolute atomic E-state index is 12.9. The number of hydrogen-bond donors (Lipinski definition) is 1. The van der Waals surface area contributed by atoms with E-state index in [1.807, 2.05) is 19.1 Å². The number of nitrogens with zero attached hydrogens (tertiary/aromatic N) is 3. The summed E-state index contributed by atoms with van der Waals surface area (Å²) < 4.78 is 1.38. The molecule has 7 heteroatoms. The van der Waals surface area contributed by atoms with Crippen LogP contribution in [0, 0.1) is 12.8 Å². The van der Waals surface area contributed by atoms with Crippen LogP contribution in [0.1, 0.15) is 56.9 Å². The van der Waals surface area contributed by atoms with Crippen LogP contribution in [-0.4, -0.2) is 34.8 Å². The first-order valence-corrected chi connectivity index (χ1v) is 11.8. The summed E-state index contributed by atoms with van der Waals surface area (Å²) in [7, 11) is 0. The second-order valence-corrected chi connectivity index (χ2v) is 9.26. The van der Waals surface area contributed by atoms with Gasteiger partial charge in [-0.3, -0.25) is 9.59 Å². The van der Waals surface area contributed by atoms with Gasteiger partial charge < -0.3 is 10.2 Å². The van der Waals surface area contributed by atoms with Crippen molar-refractivity contribution in [1.29, 1.82) is 0 Å². The summed E-state index contributed by atoms with van der Waals surface area (Å²) in [5.41, 5.74) is 1.39. The number of carbonyl (C=O) groups excluding carboxylic acids is 1. The number of nitrogens with one attached hydrogen (secondary N) is 1. The lowest BCUT2D eigenvalue weighted by atomic mass is 9.96. The molecular formula is C24H31ClN4O2. The van der Waals surface area contributed by atoms with E-state index in [0.717, 1.165) is 37.8 Å². The van der Waals surface area contributed by atoms with E-state index in [-0.39, 0.29) is 17.4 Å². The monoisotopic (exact) mass is 442 g/mol. The van der Waals surface area contributed by atoms with Crippen molar-refractivity contribution in [3.8, 4) is 5.69 Å². The minimum absolute atomic E-state index is 0.0481. The minimum atomic E-state index is -0.205. The number of rotatable bonds is 4. The third-order valence-corrected chi connectivity index (χ3v) is 6.91. The highest BCUT2D eigenvalue weighted by Crippen LogP contribution is 2.24. The van der Waals surface area contributed by atoms with E-state index in [4.69, 9.17) is 11.6 Å². The number of piperidine rings is 1. The van der Waals surface area contributed by atoms with Crippen LogP contribution >= 0.6 is 11.6 Å². The van der Waals surface area contributed by atoms with Crippen molar-refractivity contribution in [2.24, 2.45) is 5.92 Å². The molecule has 1 aromatic carbocycles. The molecule has 2 aliphatic rings. The zero-order chi connectivity index (χ0) is 21.8. The van der Waals surface area contributed by atoms with Gasteiger partial charge >= 0.3 is 0 Å². The van der Waals surface area contributed by atoms with Crippen molar-refractivity contribution in [2.75, 3.05) is 18.0 Å². The molecule has 1 N–H and O–H groups in total. The van der Waals surface area contributed by atoms with Crippen LogP contribution in [0.4, 0.5) is 5.82 Å². The fourth-order valence-electron chi connectivity index (χ4n) is 4.61. The smallest absolute Gasteiger partial charge is 0.271 e. The van der Waals surface area contributed by atoms with Crippen LogP contribution in [-0.2, 0) is 4.79 Å². The standard InChI is InChI=1S/C24H31ClN4O2/c1-17-10-11-20(15-21(17)25)29-23(30)13-12-22(27-29)28-14-6-7-18(16-28)24(31)26-19-8-4-2-3-5-9-19/h10-13,15,18-19H,2-9,14,16H2,1H3,(H,26,31)/t18-/m0/s1. The van der Waals surface area contributed by atoms with Crippen LogP contribution in [0.3, 0.4) is 0 Å². The first-order valence-electron chi connectivity index (χ1n) is 11.4. The molecule has 6 nitrogen and oxygen atoms in total. The van der Waals surface area contributed by atoms with E-state index >= 15 is 0 Å². The Bertz CT molecular complexity index is 982. The molecule has 1 aromatic heterocycles. The van der Waals surface area contributed by atoms with Gasteiger partial charge in [-0.1, -0.05) is 43.4 Å². The number of benzene rings is 1. The molecular weight excluding hydrogens is 412 g/mol. The van der Waals surface area contributed by atoms with E-state index in [0.29, 0.717) is 29.1 Å². The Hall–Kier alpha value is -2.34. The van der Waals surface area contributed by atoms with Crippen molar-refractivity contribution in [1.82, 2.24) is 15.1 Å². The van der Waals surface area contributed by atoms with Gasteiger partial charge in [-0.05, 0) is 56.4 Å². The normalized spacial score (nSPS) is 20.3. The predicted molar refractivity (Wildman–Crippen MR) is 124 cm³/mol. The zero-order valence-electron chi connectivity index (χ0n) is 18.1. The van der Waals surface area contributed by atoms with Gasteiger partial charge in [0.25, 0.3) is 5.56 Å². The molecule has 1 aliphatic heterocycles. The lowest BCUT2D eigenvalue weighted by Crippen LogP contribution is -2.46. The van der Waals surface area contributed by atoms with Crippen molar-refractivity contribution < 1.29 is 4.79 Å². The Balaban J connectivity index is 1.48. The average molecular weight is 443 g/mol. The second-order valence-electron chi connectivity index (χ2n) is 8.86. The van der Waals surface area contributed by atoms with Crippen molar-refractivity contribution in [2.45, 2.75) is 64.3 Å². The topological polar surface area (TPSA) is 67.2 Å². The van der Waals surface area contributed by atoms with Gasteiger partial charge in [-0.15, -0.1) is 5.10 Å². The average Bonchev–Trinajstić information content (AvgIpc) is 3.05. The molecule has 2 fully saturated rings. The zero-order valence-corrected chi connectivity index (χ0v) is 18.9. The third kappa shape index (κ3) is 5.29. The predicted octanol–water partition coefficient (Wildman–Crippen LogP) is 4.25. The van der Waals surface area contributed by atoms with Crippen molar-refractivity contribution in [3.05, 3.63) is 51.3 Å². The van der Waals surface area contributed by atoms with E-state index in [9.17, 15) is 9.59 Å². The first-order chi connectivity index (χ1) is 15.0. The Morgan fingerprint density at radius 1 is 1.06 bits per heavy atom. The molecule has 166 valence electrons. The number of halogens is 1. The summed E-state index contributed by atoms with van der Waals surface area (Å²) in [6, 6.07) is 9.09. The number of amides is 1. The number of aryl methyl sites for hydroxylation is 1. The molecule has 1 atom stereocenters. The summed E-state index contributed by atoms with van der Waals surface area (Å²) in [5, 5.41) is 8.50. The van der Waals surface area contributed by atoms with Crippen LogP contribution in [0.5, 0.6) is 0 Å². The highest BCUT2D eigenvalue weighted by Gasteiger charge is 2.28. The number of anilines is 1. The fourth-order valence-corrected chi connectivity index (χ4v) is 4.79. The van der Waals surface area contributed by atoms with Gasteiger partial charge in [0.05, 0.1) is 11.6 Å². The quantitative estimate of drug-likeness (QED) is 0.719. The summed E-state index contributed by atoms with van der Waals surface area (Å²) in [6.07, 6.45) is 8.96. The Morgan fingerprint density at radius 2 is 1.84 bits per heavy atom. The van der Waals surface area contributed by atoms with Gasteiger partial charge in [-0.2, -0.15) is 4.68 Å². The first kappa shape index (κ1) is 21.9. The number of carbonyl (C=O) groups is 1. The Kier molecular flexibility index (Phi) is 6.96. The lowest BCUT2D eigenvalue weighted by Gasteiger charge is -2.33. The lowest BCUT2D eigenvalue weighted by molar-refractivity contribution is -0.126. The molecule has 0 spiro atoms. The Morgan fingerprint density at radius 3 is 2.58 bits per heavy atom. The molecule has 1 amide bonds. The summed E-state index contributed by atoms with van der Waals surface area (Å²) in [6.45, 7) is 3.37. The molecule has 2 heterocycles. The maximum atomic E-state index is 12.9.